The summed E-state index contributed by atoms with van der Waals surface area (Å²) in [6.45, 7) is 9.14. The van der Waals surface area contributed by atoms with E-state index >= 15 is 0 Å². The fourth-order valence-electron chi connectivity index (χ4n) is 2.08. The van der Waals surface area contributed by atoms with Crippen molar-refractivity contribution >= 4 is 5.97 Å². The van der Waals surface area contributed by atoms with Crippen LogP contribution in [0.15, 0.2) is 0 Å². The van der Waals surface area contributed by atoms with Gasteiger partial charge in [-0.3, -0.25) is 9.69 Å². The number of carboxylic acids is 1. The Hall–Kier alpha value is -0.650. The van der Waals surface area contributed by atoms with E-state index < -0.39 is 11.5 Å². The minimum absolute atomic E-state index is 0.100. The molecule has 17 heavy (non-hydrogen) atoms. The number of hydrogen-bond acceptors (Lipinski definition) is 4. The third-order valence-electron chi connectivity index (χ3n) is 3.16. The maximum atomic E-state index is 10.8. The van der Waals surface area contributed by atoms with Crippen LogP contribution >= 0.6 is 0 Å². The molecule has 0 aliphatic carbocycles. The van der Waals surface area contributed by atoms with Gasteiger partial charge in [0.05, 0.1) is 12.2 Å². The van der Waals surface area contributed by atoms with Crippen molar-refractivity contribution in [1.29, 1.82) is 0 Å². The predicted molar refractivity (Wildman–Crippen MR) is 65.9 cm³/mol. The van der Waals surface area contributed by atoms with Crippen LogP contribution in [0.1, 0.15) is 33.6 Å². The van der Waals surface area contributed by atoms with E-state index in [1.54, 1.807) is 6.92 Å². The lowest BCUT2D eigenvalue weighted by atomic mass is 9.97. The molecular formula is C12H24N2O3. The SMILES string of the molecule is CC1(C)CN(CCCC(C)(N)C(=O)O)CCO1. The van der Waals surface area contributed by atoms with Crippen LogP contribution in [0, 0.1) is 0 Å². The van der Waals surface area contributed by atoms with Crippen molar-refractivity contribution in [3.05, 3.63) is 0 Å². The van der Waals surface area contributed by atoms with Gasteiger partial charge >= 0.3 is 5.97 Å². The number of nitrogens with zero attached hydrogens (tertiary/aromatic N) is 1. The molecule has 1 aliphatic heterocycles. The van der Waals surface area contributed by atoms with Crippen LogP contribution < -0.4 is 5.73 Å². The van der Waals surface area contributed by atoms with Gasteiger partial charge in [-0.2, -0.15) is 0 Å². The molecule has 0 bridgehead atoms. The molecule has 0 radical (unpaired) electrons. The number of aliphatic carboxylic acids is 1. The smallest absolute Gasteiger partial charge is 0.323 e. The molecule has 5 heteroatoms. The topological polar surface area (TPSA) is 75.8 Å². The summed E-state index contributed by atoms with van der Waals surface area (Å²) in [7, 11) is 0. The fraction of sp³-hybridized carbons (Fsp3) is 0.917. The van der Waals surface area contributed by atoms with E-state index in [1.807, 2.05) is 0 Å². The summed E-state index contributed by atoms with van der Waals surface area (Å²) >= 11 is 0. The molecule has 0 aromatic carbocycles. The van der Waals surface area contributed by atoms with Gasteiger partial charge in [-0.25, -0.2) is 0 Å². The van der Waals surface area contributed by atoms with Crippen LogP contribution in [-0.2, 0) is 9.53 Å². The molecule has 1 saturated heterocycles. The van der Waals surface area contributed by atoms with Gasteiger partial charge in [0.25, 0.3) is 0 Å². The number of hydrogen-bond donors (Lipinski definition) is 2. The Morgan fingerprint density at radius 1 is 1.59 bits per heavy atom. The van der Waals surface area contributed by atoms with E-state index in [0.717, 1.165) is 32.7 Å². The van der Waals surface area contributed by atoms with Gasteiger partial charge in [-0.15, -0.1) is 0 Å². The van der Waals surface area contributed by atoms with Crippen LogP contribution in [0.5, 0.6) is 0 Å². The quantitative estimate of drug-likeness (QED) is 0.744. The highest BCUT2D eigenvalue weighted by Crippen LogP contribution is 2.17. The van der Waals surface area contributed by atoms with E-state index in [0.29, 0.717) is 6.42 Å². The maximum Gasteiger partial charge on any atom is 0.323 e. The van der Waals surface area contributed by atoms with E-state index in [9.17, 15) is 4.79 Å². The Morgan fingerprint density at radius 2 is 2.24 bits per heavy atom. The third kappa shape index (κ3) is 4.61. The highest BCUT2D eigenvalue weighted by molar-refractivity contribution is 5.77. The van der Waals surface area contributed by atoms with Crippen molar-refractivity contribution in [2.75, 3.05) is 26.2 Å². The summed E-state index contributed by atoms with van der Waals surface area (Å²) in [5.41, 5.74) is 4.48. The first-order chi connectivity index (χ1) is 7.73. The monoisotopic (exact) mass is 244 g/mol. The van der Waals surface area contributed by atoms with Gasteiger partial charge in [0.2, 0.25) is 0 Å². The average molecular weight is 244 g/mol. The van der Waals surface area contributed by atoms with Crippen molar-refractivity contribution < 1.29 is 14.6 Å². The molecule has 1 heterocycles. The highest BCUT2D eigenvalue weighted by Gasteiger charge is 2.29. The molecule has 1 unspecified atom stereocenters. The lowest BCUT2D eigenvalue weighted by Gasteiger charge is -2.38. The molecule has 1 rings (SSSR count). The maximum absolute atomic E-state index is 10.8. The van der Waals surface area contributed by atoms with Gasteiger partial charge in [0, 0.05) is 13.1 Å². The average Bonchev–Trinajstić information content (AvgIpc) is 2.15. The van der Waals surface area contributed by atoms with Crippen molar-refractivity contribution in [3.8, 4) is 0 Å². The Bertz CT molecular complexity index is 277. The number of rotatable bonds is 5. The fourth-order valence-corrected chi connectivity index (χ4v) is 2.08. The van der Waals surface area contributed by atoms with Gasteiger partial charge < -0.3 is 15.6 Å². The first-order valence-corrected chi connectivity index (χ1v) is 6.11. The van der Waals surface area contributed by atoms with E-state index in [4.69, 9.17) is 15.6 Å². The number of morpholine rings is 1. The summed E-state index contributed by atoms with van der Waals surface area (Å²) < 4.78 is 5.62. The molecule has 0 saturated carbocycles. The van der Waals surface area contributed by atoms with Crippen molar-refractivity contribution in [3.63, 3.8) is 0 Å². The van der Waals surface area contributed by atoms with E-state index in [2.05, 4.69) is 18.7 Å². The van der Waals surface area contributed by atoms with Gasteiger partial charge in [0.15, 0.2) is 0 Å². The molecule has 0 spiro atoms. The molecule has 1 atom stereocenters. The Kier molecular flexibility index (Phi) is 4.52. The predicted octanol–water partition coefficient (Wildman–Crippen LogP) is 0.679. The van der Waals surface area contributed by atoms with Crippen LogP contribution in [0.2, 0.25) is 0 Å². The van der Waals surface area contributed by atoms with Crippen LogP contribution in [-0.4, -0.2) is 53.4 Å². The van der Waals surface area contributed by atoms with Gasteiger partial charge in [-0.1, -0.05) is 0 Å². The molecule has 0 amide bonds. The zero-order valence-electron chi connectivity index (χ0n) is 11.0. The molecule has 5 nitrogen and oxygen atoms in total. The van der Waals surface area contributed by atoms with Crippen molar-refractivity contribution in [2.24, 2.45) is 5.73 Å². The third-order valence-corrected chi connectivity index (χ3v) is 3.16. The largest absolute Gasteiger partial charge is 0.480 e. The first-order valence-electron chi connectivity index (χ1n) is 6.11. The Morgan fingerprint density at radius 3 is 2.76 bits per heavy atom. The molecule has 100 valence electrons. The second-order valence-electron chi connectivity index (χ2n) is 5.71. The second kappa shape index (κ2) is 5.33. The summed E-state index contributed by atoms with van der Waals surface area (Å²) in [4.78, 5) is 13.2. The summed E-state index contributed by atoms with van der Waals surface area (Å²) in [5.74, 6) is -0.931. The minimum atomic E-state index is -1.11. The van der Waals surface area contributed by atoms with Crippen LogP contribution in [0.3, 0.4) is 0 Å². The summed E-state index contributed by atoms with van der Waals surface area (Å²) in [6, 6.07) is 0. The zero-order valence-corrected chi connectivity index (χ0v) is 11.0. The lowest BCUT2D eigenvalue weighted by molar-refractivity contribution is -0.143. The van der Waals surface area contributed by atoms with Gasteiger partial charge in [0.1, 0.15) is 5.54 Å². The van der Waals surface area contributed by atoms with Crippen molar-refractivity contribution in [2.45, 2.75) is 44.8 Å². The summed E-state index contributed by atoms with van der Waals surface area (Å²) in [6.07, 6.45) is 1.30. The van der Waals surface area contributed by atoms with E-state index in [-0.39, 0.29) is 5.60 Å². The van der Waals surface area contributed by atoms with E-state index in [1.165, 1.54) is 0 Å². The molecular weight excluding hydrogens is 220 g/mol. The summed E-state index contributed by atoms with van der Waals surface area (Å²) in [5, 5.41) is 8.90. The van der Waals surface area contributed by atoms with Crippen molar-refractivity contribution in [1.82, 2.24) is 4.90 Å². The van der Waals surface area contributed by atoms with Crippen LogP contribution in [0.25, 0.3) is 0 Å². The van der Waals surface area contributed by atoms with Gasteiger partial charge in [-0.05, 0) is 40.2 Å². The lowest BCUT2D eigenvalue weighted by Crippen LogP contribution is -2.49. The molecule has 3 N–H and O–H groups in total. The number of nitrogens with two attached hydrogens (primary N) is 1. The highest BCUT2D eigenvalue weighted by atomic mass is 16.5. The normalized spacial score (nSPS) is 24.2. The van der Waals surface area contributed by atoms with Crippen LogP contribution in [0.4, 0.5) is 0 Å². The Balaban J connectivity index is 2.30. The first kappa shape index (κ1) is 14.4. The minimum Gasteiger partial charge on any atom is -0.480 e. The standard InChI is InChI=1S/C12H24N2O3/c1-11(2)9-14(7-8-17-11)6-4-5-12(3,13)10(15)16/h4-9,13H2,1-3H3,(H,15,16). The molecule has 0 aromatic rings. The number of carboxylic acid groups (broad SMARTS) is 1. The number of carbonyl (C=O) groups is 1. The second-order valence-corrected chi connectivity index (χ2v) is 5.71. The Labute approximate surface area is 103 Å². The number of ether oxygens (including phenoxy) is 1. The molecule has 0 aromatic heterocycles. The zero-order chi connectivity index (χ0) is 13.1. The molecule has 1 aliphatic rings. The molecule has 1 fully saturated rings.